The lowest BCUT2D eigenvalue weighted by Gasteiger charge is -2.17. The molecule has 6 heteroatoms. The van der Waals surface area contributed by atoms with Gasteiger partial charge < -0.3 is 5.73 Å². The van der Waals surface area contributed by atoms with Gasteiger partial charge in [-0.3, -0.25) is 0 Å². The lowest BCUT2D eigenvalue weighted by atomic mass is 10.1. The third-order valence-corrected chi connectivity index (χ3v) is 3.87. The number of hydrogen-bond acceptors (Lipinski definition) is 3. The summed E-state index contributed by atoms with van der Waals surface area (Å²) < 4.78 is 28.6. The van der Waals surface area contributed by atoms with E-state index in [0.717, 1.165) is 18.4 Å². The van der Waals surface area contributed by atoms with Crippen LogP contribution in [0.2, 0.25) is 0 Å². The normalized spacial score (nSPS) is 17.9. The summed E-state index contributed by atoms with van der Waals surface area (Å²) in [5.74, 6) is 0. The highest BCUT2D eigenvalue weighted by Crippen LogP contribution is 2.20. The molecular weight excluding hydrogens is 238 g/mol. The Morgan fingerprint density at radius 2 is 1.94 bits per heavy atom. The Balaban J connectivity index is 2.04. The SMILES string of the molecule is NCC(NS(=O)(=O)NC1CC1)c1ccccc1. The molecule has 94 valence electrons. The number of rotatable bonds is 6. The van der Waals surface area contributed by atoms with Crippen molar-refractivity contribution in [3.8, 4) is 0 Å². The summed E-state index contributed by atoms with van der Waals surface area (Å²) in [5, 5.41) is 0. The molecule has 0 heterocycles. The molecule has 17 heavy (non-hydrogen) atoms. The summed E-state index contributed by atoms with van der Waals surface area (Å²) in [6.45, 7) is 0.232. The second kappa shape index (κ2) is 5.14. The van der Waals surface area contributed by atoms with Gasteiger partial charge in [-0.15, -0.1) is 0 Å². The number of benzene rings is 1. The van der Waals surface area contributed by atoms with E-state index in [1.54, 1.807) is 0 Å². The lowest BCUT2D eigenvalue weighted by Crippen LogP contribution is -2.42. The van der Waals surface area contributed by atoms with E-state index in [4.69, 9.17) is 5.73 Å². The summed E-state index contributed by atoms with van der Waals surface area (Å²) in [7, 11) is -3.46. The summed E-state index contributed by atoms with van der Waals surface area (Å²) in [4.78, 5) is 0. The topological polar surface area (TPSA) is 84.2 Å². The fourth-order valence-corrected chi connectivity index (χ4v) is 2.93. The number of nitrogens with one attached hydrogen (secondary N) is 2. The first-order chi connectivity index (χ1) is 8.11. The van der Waals surface area contributed by atoms with Gasteiger partial charge in [-0.05, 0) is 18.4 Å². The van der Waals surface area contributed by atoms with Gasteiger partial charge in [-0.1, -0.05) is 30.3 Å². The van der Waals surface area contributed by atoms with Gasteiger partial charge in [0.05, 0.1) is 6.04 Å². The highest BCUT2D eigenvalue weighted by atomic mass is 32.2. The minimum Gasteiger partial charge on any atom is -0.329 e. The predicted molar refractivity (Wildman–Crippen MR) is 66.5 cm³/mol. The van der Waals surface area contributed by atoms with Gasteiger partial charge in [0, 0.05) is 12.6 Å². The summed E-state index contributed by atoms with van der Waals surface area (Å²) in [6, 6.07) is 9.04. The van der Waals surface area contributed by atoms with Gasteiger partial charge in [0.1, 0.15) is 0 Å². The molecule has 0 saturated heterocycles. The first-order valence-electron chi connectivity index (χ1n) is 5.65. The van der Waals surface area contributed by atoms with E-state index in [1.807, 2.05) is 30.3 Å². The summed E-state index contributed by atoms with van der Waals surface area (Å²) in [5.41, 5.74) is 6.48. The van der Waals surface area contributed by atoms with Gasteiger partial charge in [0.2, 0.25) is 0 Å². The van der Waals surface area contributed by atoms with Crippen molar-refractivity contribution in [2.24, 2.45) is 5.73 Å². The largest absolute Gasteiger partial charge is 0.329 e. The van der Waals surface area contributed by atoms with Crippen LogP contribution in [-0.2, 0) is 10.2 Å². The van der Waals surface area contributed by atoms with Crippen molar-refractivity contribution in [3.05, 3.63) is 35.9 Å². The van der Waals surface area contributed by atoms with Crippen LogP contribution in [0.25, 0.3) is 0 Å². The lowest BCUT2D eigenvalue weighted by molar-refractivity contribution is 0.544. The summed E-state index contributed by atoms with van der Waals surface area (Å²) in [6.07, 6.45) is 1.83. The van der Waals surface area contributed by atoms with Crippen molar-refractivity contribution in [1.29, 1.82) is 0 Å². The van der Waals surface area contributed by atoms with Crippen LogP contribution in [0.3, 0.4) is 0 Å². The monoisotopic (exact) mass is 255 g/mol. The molecule has 0 aliphatic heterocycles. The molecule has 0 aromatic heterocycles. The van der Waals surface area contributed by atoms with Crippen molar-refractivity contribution < 1.29 is 8.42 Å². The van der Waals surface area contributed by atoms with E-state index < -0.39 is 10.2 Å². The molecule has 1 aromatic rings. The van der Waals surface area contributed by atoms with Crippen LogP contribution in [0.1, 0.15) is 24.4 Å². The van der Waals surface area contributed by atoms with Crippen LogP contribution >= 0.6 is 0 Å². The molecule has 0 bridgehead atoms. The second-order valence-corrected chi connectivity index (χ2v) is 5.69. The van der Waals surface area contributed by atoms with Gasteiger partial charge in [0.15, 0.2) is 0 Å². The Morgan fingerprint density at radius 3 is 2.47 bits per heavy atom. The minimum absolute atomic E-state index is 0.0988. The zero-order valence-electron chi connectivity index (χ0n) is 9.46. The third kappa shape index (κ3) is 3.78. The molecule has 1 saturated carbocycles. The third-order valence-electron chi connectivity index (χ3n) is 2.63. The molecule has 1 fully saturated rings. The average Bonchev–Trinajstić information content (AvgIpc) is 3.10. The first kappa shape index (κ1) is 12.5. The van der Waals surface area contributed by atoms with Crippen molar-refractivity contribution in [2.75, 3.05) is 6.54 Å². The minimum atomic E-state index is -3.46. The van der Waals surface area contributed by atoms with Crippen molar-refractivity contribution in [2.45, 2.75) is 24.9 Å². The summed E-state index contributed by atoms with van der Waals surface area (Å²) >= 11 is 0. The molecule has 5 nitrogen and oxygen atoms in total. The number of nitrogens with two attached hydrogens (primary N) is 1. The molecule has 1 aliphatic rings. The maximum absolute atomic E-state index is 11.7. The van der Waals surface area contributed by atoms with E-state index in [1.165, 1.54) is 0 Å². The van der Waals surface area contributed by atoms with E-state index in [9.17, 15) is 8.42 Å². The van der Waals surface area contributed by atoms with Crippen LogP contribution in [0, 0.1) is 0 Å². The number of hydrogen-bond donors (Lipinski definition) is 3. The Bertz CT molecular complexity index is 457. The maximum Gasteiger partial charge on any atom is 0.277 e. The molecule has 0 radical (unpaired) electrons. The molecule has 0 spiro atoms. The van der Waals surface area contributed by atoms with Crippen molar-refractivity contribution >= 4 is 10.2 Å². The zero-order valence-corrected chi connectivity index (χ0v) is 10.3. The Labute approximate surface area is 102 Å². The molecule has 1 unspecified atom stereocenters. The van der Waals surface area contributed by atoms with Crippen LogP contribution in [0.5, 0.6) is 0 Å². The van der Waals surface area contributed by atoms with Crippen molar-refractivity contribution in [3.63, 3.8) is 0 Å². The molecule has 0 amide bonds. The molecule has 1 aliphatic carbocycles. The molecular formula is C11H17N3O2S. The van der Waals surface area contributed by atoms with Crippen LogP contribution in [0.4, 0.5) is 0 Å². The average molecular weight is 255 g/mol. The Kier molecular flexibility index (Phi) is 3.78. The highest BCUT2D eigenvalue weighted by Gasteiger charge is 2.28. The van der Waals surface area contributed by atoms with E-state index in [-0.39, 0.29) is 18.6 Å². The quantitative estimate of drug-likeness (QED) is 0.682. The molecule has 1 atom stereocenters. The van der Waals surface area contributed by atoms with Crippen LogP contribution in [0.15, 0.2) is 30.3 Å². The van der Waals surface area contributed by atoms with E-state index >= 15 is 0 Å². The second-order valence-electron chi connectivity index (χ2n) is 4.21. The first-order valence-corrected chi connectivity index (χ1v) is 7.13. The van der Waals surface area contributed by atoms with Gasteiger partial charge in [-0.25, -0.2) is 0 Å². The van der Waals surface area contributed by atoms with Gasteiger partial charge >= 0.3 is 0 Å². The van der Waals surface area contributed by atoms with Crippen molar-refractivity contribution in [1.82, 2.24) is 9.44 Å². The fourth-order valence-electron chi connectivity index (χ4n) is 1.58. The Hall–Kier alpha value is -0.950. The molecule has 2 rings (SSSR count). The van der Waals surface area contributed by atoms with Gasteiger partial charge in [0.25, 0.3) is 10.2 Å². The van der Waals surface area contributed by atoms with E-state index in [0.29, 0.717) is 0 Å². The van der Waals surface area contributed by atoms with Crippen LogP contribution < -0.4 is 15.2 Å². The smallest absolute Gasteiger partial charge is 0.277 e. The maximum atomic E-state index is 11.7. The van der Waals surface area contributed by atoms with Crippen LogP contribution in [-0.4, -0.2) is 21.0 Å². The highest BCUT2D eigenvalue weighted by molar-refractivity contribution is 7.87. The fraction of sp³-hybridized carbons (Fsp3) is 0.455. The standard InChI is InChI=1S/C11H17N3O2S/c12-8-11(9-4-2-1-3-5-9)14-17(15,16)13-10-6-7-10/h1-5,10-11,13-14H,6-8,12H2. The molecule has 4 N–H and O–H groups in total. The predicted octanol–water partition coefficient (Wildman–Crippen LogP) is 0.273. The van der Waals surface area contributed by atoms with Gasteiger partial charge in [-0.2, -0.15) is 17.9 Å². The van der Waals surface area contributed by atoms with E-state index in [2.05, 4.69) is 9.44 Å². The molecule has 1 aromatic carbocycles. The Morgan fingerprint density at radius 1 is 1.29 bits per heavy atom. The zero-order chi connectivity index (χ0) is 12.3.